The number of pyridine rings is 1. The van der Waals surface area contributed by atoms with E-state index in [-0.39, 0.29) is 18.4 Å². The molecule has 0 spiro atoms. The maximum absolute atomic E-state index is 8.97. The zero-order chi connectivity index (χ0) is 12.8. The van der Waals surface area contributed by atoms with E-state index >= 15 is 0 Å². The van der Waals surface area contributed by atoms with Crippen LogP contribution in [0, 0.1) is 12.8 Å². The highest BCUT2D eigenvalue weighted by Gasteiger charge is 2.11. The number of aliphatic hydroxyl groups excluding tert-OH is 1. The van der Waals surface area contributed by atoms with Crippen molar-refractivity contribution in [2.45, 2.75) is 18.9 Å². The minimum atomic E-state index is 0.0525. The Morgan fingerprint density at radius 3 is 2.88 bits per heavy atom. The summed E-state index contributed by atoms with van der Waals surface area (Å²) in [5.41, 5.74) is 7.07. The molecule has 0 saturated carbocycles. The summed E-state index contributed by atoms with van der Waals surface area (Å²) in [7, 11) is 0. The summed E-state index contributed by atoms with van der Waals surface area (Å²) in [4.78, 5) is 4.36. The fraction of sp³-hybridized carbons (Fsp3) is 0.455. The first kappa shape index (κ1) is 13.8. The van der Waals surface area contributed by atoms with Crippen molar-refractivity contribution >= 4 is 17.6 Å². The highest BCUT2D eigenvalue weighted by atomic mass is 32.2. The van der Waals surface area contributed by atoms with Gasteiger partial charge in [0.15, 0.2) is 5.84 Å². The Bertz CT molecular complexity index is 410. The van der Waals surface area contributed by atoms with Crippen LogP contribution in [0.3, 0.4) is 0 Å². The van der Waals surface area contributed by atoms with Crippen molar-refractivity contribution in [3.05, 3.63) is 23.4 Å². The molecule has 0 aliphatic carbocycles. The Labute approximate surface area is 105 Å². The number of aliphatic hydroxyl groups is 1. The number of amidine groups is 1. The van der Waals surface area contributed by atoms with Gasteiger partial charge in [0.25, 0.3) is 0 Å². The zero-order valence-electron chi connectivity index (χ0n) is 9.92. The molecule has 17 heavy (non-hydrogen) atoms. The molecule has 0 bridgehead atoms. The lowest BCUT2D eigenvalue weighted by molar-refractivity contribution is 0.250. The van der Waals surface area contributed by atoms with Gasteiger partial charge in [0.2, 0.25) is 0 Å². The molecule has 0 saturated heterocycles. The molecule has 0 aromatic carbocycles. The van der Waals surface area contributed by atoms with E-state index < -0.39 is 0 Å². The predicted octanol–water partition coefficient (Wildman–Crippen LogP) is 1.21. The maximum Gasteiger partial charge on any atom is 0.172 e. The molecule has 1 unspecified atom stereocenters. The van der Waals surface area contributed by atoms with Crippen LogP contribution in [-0.2, 0) is 0 Å². The van der Waals surface area contributed by atoms with Gasteiger partial charge in [-0.3, -0.25) is 0 Å². The maximum atomic E-state index is 8.97. The summed E-state index contributed by atoms with van der Waals surface area (Å²) in [6.45, 7) is 3.97. The fourth-order valence-corrected chi connectivity index (χ4v) is 2.25. The average molecular weight is 255 g/mol. The first-order valence-electron chi connectivity index (χ1n) is 5.27. The predicted molar refractivity (Wildman–Crippen MR) is 68.5 cm³/mol. The van der Waals surface area contributed by atoms with Crippen LogP contribution in [0.25, 0.3) is 0 Å². The van der Waals surface area contributed by atoms with Crippen LogP contribution in [0.1, 0.15) is 18.2 Å². The number of aromatic nitrogens is 1. The monoisotopic (exact) mass is 255 g/mol. The van der Waals surface area contributed by atoms with E-state index in [2.05, 4.69) is 10.1 Å². The second kappa shape index (κ2) is 6.46. The van der Waals surface area contributed by atoms with Crippen LogP contribution in [0.2, 0.25) is 0 Å². The lowest BCUT2D eigenvalue weighted by atomic mass is 10.2. The van der Waals surface area contributed by atoms with Gasteiger partial charge in [-0.1, -0.05) is 12.1 Å². The summed E-state index contributed by atoms with van der Waals surface area (Å²) < 4.78 is 0. The second-order valence-electron chi connectivity index (χ2n) is 3.89. The molecule has 1 aromatic rings. The van der Waals surface area contributed by atoms with Gasteiger partial charge < -0.3 is 16.0 Å². The van der Waals surface area contributed by atoms with Crippen LogP contribution in [0.15, 0.2) is 22.3 Å². The van der Waals surface area contributed by atoms with Crippen molar-refractivity contribution in [2.75, 3.05) is 12.4 Å². The van der Waals surface area contributed by atoms with Crippen LogP contribution < -0.4 is 5.73 Å². The van der Waals surface area contributed by atoms with E-state index in [1.165, 1.54) is 11.8 Å². The lowest BCUT2D eigenvalue weighted by Crippen LogP contribution is -2.15. The SMILES string of the molecule is Cc1ccc(C(N)=NO)c(SCC(C)CO)n1. The van der Waals surface area contributed by atoms with Crippen molar-refractivity contribution in [3.8, 4) is 0 Å². The van der Waals surface area contributed by atoms with Crippen molar-refractivity contribution in [1.82, 2.24) is 4.98 Å². The number of nitrogens with zero attached hydrogens (tertiary/aromatic N) is 2. The van der Waals surface area contributed by atoms with E-state index in [0.29, 0.717) is 5.56 Å². The summed E-state index contributed by atoms with van der Waals surface area (Å²) in [6, 6.07) is 3.59. The summed E-state index contributed by atoms with van der Waals surface area (Å²) >= 11 is 1.49. The first-order valence-corrected chi connectivity index (χ1v) is 6.26. The van der Waals surface area contributed by atoms with E-state index in [1.807, 2.05) is 19.9 Å². The molecule has 0 fully saturated rings. The largest absolute Gasteiger partial charge is 0.409 e. The molecule has 1 aromatic heterocycles. The third kappa shape index (κ3) is 3.90. The molecule has 0 radical (unpaired) electrons. The molecule has 0 aliphatic heterocycles. The molecule has 0 aliphatic rings. The number of rotatable bonds is 5. The molecule has 1 rings (SSSR count). The Kier molecular flexibility index (Phi) is 5.24. The molecule has 1 atom stereocenters. The first-order chi connectivity index (χ1) is 8.08. The Morgan fingerprint density at radius 2 is 2.29 bits per heavy atom. The molecule has 0 amide bonds. The number of thioether (sulfide) groups is 1. The third-order valence-corrected chi connectivity index (χ3v) is 3.52. The summed E-state index contributed by atoms with van der Waals surface area (Å²) in [5.74, 6) is 0.970. The van der Waals surface area contributed by atoms with Crippen molar-refractivity contribution < 1.29 is 10.3 Å². The molecule has 1 heterocycles. The van der Waals surface area contributed by atoms with Crippen LogP contribution in [0.5, 0.6) is 0 Å². The normalized spacial score (nSPS) is 13.7. The quantitative estimate of drug-likeness (QED) is 0.242. The number of hydrogen-bond donors (Lipinski definition) is 3. The minimum absolute atomic E-state index is 0.0525. The van der Waals surface area contributed by atoms with Gasteiger partial charge in [0.05, 0.1) is 5.56 Å². The van der Waals surface area contributed by atoms with Crippen molar-refractivity contribution in [3.63, 3.8) is 0 Å². The van der Waals surface area contributed by atoms with Gasteiger partial charge in [-0.05, 0) is 25.0 Å². The van der Waals surface area contributed by atoms with E-state index in [9.17, 15) is 0 Å². The van der Waals surface area contributed by atoms with Crippen molar-refractivity contribution in [1.29, 1.82) is 0 Å². The fourth-order valence-electron chi connectivity index (χ4n) is 1.17. The van der Waals surface area contributed by atoms with E-state index in [4.69, 9.17) is 16.0 Å². The lowest BCUT2D eigenvalue weighted by Gasteiger charge is -2.10. The third-order valence-electron chi connectivity index (χ3n) is 2.20. The van der Waals surface area contributed by atoms with Crippen LogP contribution in [-0.4, -0.2) is 33.5 Å². The number of hydrogen-bond acceptors (Lipinski definition) is 5. The van der Waals surface area contributed by atoms with Gasteiger partial charge in [-0.25, -0.2) is 4.98 Å². The highest BCUT2D eigenvalue weighted by Crippen LogP contribution is 2.23. The summed E-state index contributed by atoms with van der Waals surface area (Å²) in [6.07, 6.45) is 0. The van der Waals surface area contributed by atoms with Gasteiger partial charge in [0.1, 0.15) is 5.03 Å². The van der Waals surface area contributed by atoms with Gasteiger partial charge in [0, 0.05) is 18.1 Å². The second-order valence-corrected chi connectivity index (χ2v) is 4.90. The standard InChI is InChI=1S/C11H17N3O2S/c1-7(5-15)6-17-11-9(10(12)14-16)4-3-8(2)13-11/h3-4,7,15-16H,5-6H2,1-2H3,(H2,12,14). The van der Waals surface area contributed by atoms with Gasteiger partial charge in [-0.15, -0.1) is 11.8 Å². The highest BCUT2D eigenvalue weighted by molar-refractivity contribution is 7.99. The van der Waals surface area contributed by atoms with Crippen LogP contribution in [0.4, 0.5) is 0 Å². The molecular formula is C11H17N3O2S. The number of aryl methyl sites for hydroxylation is 1. The van der Waals surface area contributed by atoms with Gasteiger partial charge in [-0.2, -0.15) is 0 Å². The number of nitrogens with two attached hydrogens (primary N) is 1. The van der Waals surface area contributed by atoms with Crippen molar-refractivity contribution in [2.24, 2.45) is 16.8 Å². The molecule has 4 N–H and O–H groups in total. The Balaban J connectivity index is 2.91. The smallest absolute Gasteiger partial charge is 0.172 e. The van der Waals surface area contributed by atoms with Crippen LogP contribution >= 0.6 is 11.8 Å². The molecule has 6 heteroatoms. The topological polar surface area (TPSA) is 91.7 Å². The number of oxime groups is 1. The molecule has 94 valence electrons. The molecule has 5 nitrogen and oxygen atoms in total. The van der Waals surface area contributed by atoms with Gasteiger partial charge >= 0.3 is 0 Å². The average Bonchev–Trinajstić information content (AvgIpc) is 2.35. The van der Waals surface area contributed by atoms with E-state index in [0.717, 1.165) is 16.5 Å². The Hall–Kier alpha value is -1.27. The minimum Gasteiger partial charge on any atom is -0.409 e. The summed E-state index contributed by atoms with van der Waals surface area (Å²) in [5, 5.41) is 21.4. The Morgan fingerprint density at radius 1 is 1.59 bits per heavy atom. The zero-order valence-corrected chi connectivity index (χ0v) is 10.7. The molecular weight excluding hydrogens is 238 g/mol. The van der Waals surface area contributed by atoms with E-state index in [1.54, 1.807) is 6.07 Å².